The van der Waals surface area contributed by atoms with Gasteiger partial charge in [0.05, 0.1) is 18.4 Å². The van der Waals surface area contributed by atoms with Crippen molar-refractivity contribution in [3.05, 3.63) is 42.2 Å². The average molecular weight is 421 g/mol. The van der Waals surface area contributed by atoms with Crippen LogP contribution < -0.4 is 10.1 Å². The second-order valence-corrected chi connectivity index (χ2v) is 7.60. The summed E-state index contributed by atoms with van der Waals surface area (Å²) in [6.45, 7) is 5.66. The summed E-state index contributed by atoms with van der Waals surface area (Å²) >= 11 is 5.45. The number of anilines is 1. The number of nitrogens with one attached hydrogen (secondary N) is 1. The molecule has 0 aliphatic heterocycles. The lowest BCUT2D eigenvalue weighted by molar-refractivity contribution is -0.132. The number of hydrogen-bond donors (Lipinski definition) is 1. The molecule has 156 valence electrons. The summed E-state index contributed by atoms with van der Waals surface area (Å²) < 4.78 is 7.04. The highest BCUT2D eigenvalue weighted by atomic mass is 35.5. The zero-order chi connectivity index (χ0) is 21.6. The molecule has 0 bridgehead atoms. The number of likely N-dealkylation sites (N-methyl/N-ethyl adjacent to an activating group) is 1. The number of hydrogen-bond acceptors (Lipinski definition) is 5. The molecule has 1 N–H and O–H groups in total. The van der Waals surface area contributed by atoms with Crippen molar-refractivity contribution in [3.63, 3.8) is 0 Å². The van der Waals surface area contributed by atoms with Crippen LogP contribution >= 0.6 is 11.6 Å². The van der Waals surface area contributed by atoms with Gasteiger partial charge in [-0.15, -0.1) is 0 Å². The average Bonchev–Trinajstić information content (AvgIpc) is 3.09. The fraction of sp³-hybridized carbons (Fsp3) is 0.400. The minimum Gasteiger partial charge on any atom is -0.492 e. The predicted molar refractivity (Wildman–Crippen MR) is 110 cm³/mol. The number of amides is 2. The van der Waals surface area contributed by atoms with Gasteiger partial charge in [0.1, 0.15) is 24.3 Å². The van der Waals surface area contributed by atoms with Crippen molar-refractivity contribution in [1.82, 2.24) is 14.7 Å². The molecule has 29 heavy (non-hydrogen) atoms. The van der Waals surface area contributed by atoms with Crippen LogP contribution in [0.4, 0.5) is 5.69 Å². The van der Waals surface area contributed by atoms with Gasteiger partial charge in [-0.1, -0.05) is 17.7 Å². The van der Waals surface area contributed by atoms with E-state index in [1.807, 2.05) is 31.2 Å². The summed E-state index contributed by atoms with van der Waals surface area (Å²) in [7, 11) is 1.68. The molecule has 1 aromatic carbocycles. The van der Waals surface area contributed by atoms with E-state index in [1.54, 1.807) is 11.9 Å². The molecule has 0 atom stereocenters. The largest absolute Gasteiger partial charge is 0.492 e. The first kappa shape index (κ1) is 22.4. The summed E-state index contributed by atoms with van der Waals surface area (Å²) in [6.07, 6.45) is 2.92. The Kier molecular flexibility index (Phi) is 7.39. The molecular formula is C20H25ClN4O4. The van der Waals surface area contributed by atoms with Crippen LogP contribution in [0.2, 0.25) is 0 Å². The highest BCUT2D eigenvalue weighted by Crippen LogP contribution is 2.21. The Bertz CT molecular complexity index is 877. The van der Waals surface area contributed by atoms with E-state index >= 15 is 0 Å². The van der Waals surface area contributed by atoms with Crippen LogP contribution in [0, 0.1) is 12.3 Å². The zero-order valence-corrected chi connectivity index (χ0v) is 17.7. The molecule has 2 amide bonds. The number of benzene rings is 1. The van der Waals surface area contributed by atoms with E-state index in [-0.39, 0.29) is 12.5 Å². The first-order valence-corrected chi connectivity index (χ1v) is 9.44. The van der Waals surface area contributed by atoms with E-state index in [4.69, 9.17) is 16.3 Å². The first-order valence-electron chi connectivity index (χ1n) is 9.07. The number of nitrogens with zero attached hydrogens (tertiary/aromatic N) is 3. The van der Waals surface area contributed by atoms with Crippen LogP contribution in [-0.4, -0.2) is 51.9 Å². The van der Waals surface area contributed by atoms with Gasteiger partial charge in [-0.25, -0.2) is 0 Å². The number of carbonyl (C=O) groups is 3. The predicted octanol–water partition coefficient (Wildman–Crippen LogP) is 2.46. The third kappa shape index (κ3) is 6.32. The van der Waals surface area contributed by atoms with Gasteiger partial charge in [0.25, 0.3) is 0 Å². The highest BCUT2D eigenvalue weighted by Gasteiger charge is 2.34. The number of carbonyl (C=O) groups excluding carboxylic acids is 3. The lowest BCUT2D eigenvalue weighted by Crippen LogP contribution is -2.35. The third-order valence-corrected chi connectivity index (χ3v) is 4.86. The summed E-state index contributed by atoms with van der Waals surface area (Å²) in [5.74, 6) is 0.0470. The van der Waals surface area contributed by atoms with E-state index in [9.17, 15) is 14.4 Å². The monoisotopic (exact) mass is 420 g/mol. The van der Waals surface area contributed by atoms with Gasteiger partial charge in [-0.3, -0.25) is 19.1 Å². The summed E-state index contributed by atoms with van der Waals surface area (Å²) in [4.78, 5) is 37.3. The molecule has 2 rings (SSSR count). The quantitative estimate of drug-likeness (QED) is 0.496. The number of ether oxygens (including phenoxy) is 1. The topological polar surface area (TPSA) is 93.5 Å². The molecule has 1 heterocycles. The van der Waals surface area contributed by atoms with Gasteiger partial charge in [-0.05, 0) is 44.5 Å². The fourth-order valence-electron chi connectivity index (χ4n) is 2.21. The first-order chi connectivity index (χ1) is 13.6. The molecule has 0 saturated heterocycles. The lowest BCUT2D eigenvalue weighted by atomic mass is 9.94. The molecule has 0 unspecified atom stereocenters. The van der Waals surface area contributed by atoms with Crippen LogP contribution in [0.5, 0.6) is 5.75 Å². The molecule has 0 saturated carbocycles. The minimum atomic E-state index is -1.36. The van der Waals surface area contributed by atoms with Crippen LogP contribution in [0.15, 0.2) is 36.7 Å². The smallest absolute Gasteiger partial charge is 0.244 e. The van der Waals surface area contributed by atoms with Crippen molar-refractivity contribution in [3.8, 4) is 5.75 Å². The van der Waals surface area contributed by atoms with E-state index in [0.29, 0.717) is 18.8 Å². The van der Waals surface area contributed by atoms with E-state index in [2.05, 4.69) is 10.4 Å². The molecule has 9 heteroatoms. The van der Waals surface area contributed by atoms with Crippen LogP contribution in [0.3, 0.4) is 0 Å². The second-order valence-electron chi connectivity index (χ2n) is 7.26. The Morgan fingerprint density at radius 3 is 2.52 bits per heavy atom. The highest BCUT2D eigenvalue weighted by molar-refractivity contribution is 6.66. The van der Waals surface area contributed by atoms with Crippen molar-refractivity contribution < 1.29 is 19.1 Å². The van der Waals surface area contributed by atoms with Crippen molar-refractivity contribution in [2.45, 2.75) is 27.3 Å². The van der Waals surface area contributed by atoms with Crippen molar-refractivity contribution in [2.24, 2.45) is 5.41 Å². The van der Waals surface area contributed by atoms with Gasteiger partial charge < -0.3 is 15.0 Å². The summed E-state index contributed by atoms with van der Waals surface area (Å²) in [5.41, 5.74) is 0.160. The van der Waals surface area contributed by atoms with Gasteiger partial charge >= 0.3 is 0 Å². The van der Waals surface area contributed by atoms with E-state index < -0.39 is 16.6 Å². The van der Waals surface area contributed by atoms with Crippen LogP contribution in [0.1, 0.15) is 19.4 Å². The molecular weight excluding hydrogens is 396 g/mol. The van der Waals surface area contributed by atoms with E-state index in [1.165, 1.54) is 30.9 Å². The standard InChI is InChI=1S/C20H25ClN4O4/c1-14-5-7-16(8-6-14)29-10-9-24(4)17(26)13-25-12-15(11-22-25)23-19(28)20(2,3)18(21)27/h5-8,11-12H,9-10,13H2,1-4H3,(H,23,28). The Labute approximate surface area is 174 Å². The van der Waals surface area contributed by atoms with Gasteiger partial charge in [-0.2, -0.15) is 5.10 Å². The Morgan fingerprint density at radius 1 is 1.24 bits per heavy atom. The Balaban J connectivity index is 1.82. The fourth-order valence-corrected chi connectivity index (χ4v) is 2.30. The van der Waals surface area contributed by atoms with Crippen molar-refractivity contribution in [1.29, 1.82) is 0 Å². The molecule has 8 nitrogen and oxygen atoms in total. The van der Waals surface area contributed by atoms with Gasteiger partial charge in [0.2, 0.25) is 17.1 Å². The summed E-state index contributed by atoms with van der Waals surface area (Å²) in [5, 5.41) is 5.87. The molecule has 1 aromatic heterocycles. The molecule has 0 spiro atoms. The zero-order valence-electron chi connectivity index (χ0n) is 16.9. The molecule has 2 aromatic rings. The van der Waals surface area contributed by atoms with Gasteiger partial charge in [0, 0.05) is 13.2 Å². The number of aryl methyl sites for hydroxylation is 1. The lowest BCUT2D eigenvalue weighted by Gasteiger charge is -2.18. The number of aromatic nitrogens is 2. The molecule has 0 fully saturated rings. The van der Waals surface area contributed by atoms with Crippen LogP contribution in [-0.2, 0) is 20.9 Å². The van der Waals surface area contributed by atoms with Crippen molar-refractivity contribution in [2.75, 3.05) is 25.5 Å². The maximum atomic E-state index is 12.3. The minimum absolute atomic E-state index is 0.00866. The number of rotatable bonds is 9. The number of halogens is 1. The maximum Gasteiger partial charge on any atom is 0.244 e. The maximum absolute atomic E-state index is 12.3. The summed E-state index contributed by atoms with van der Waals surface area (Å²) in [6, 6.07) is 7.69. The third-order valence-electron chi connectivity index (χ3n) is 4.39. The van der Waals surface area contributed by atoms with Gasteiger partial charge in [0.15, 0.2) is 0 Å². The Morgan fingerprint density at radius 2 is 1.90 bits per heavy atom. The molecule has 0 aliphatic carbocycles. The molecule has 0 radical (unpaired) electrons. The Hall–Kier alpha value is -2.87. The van der Waals surface area contributed by atoms with E-state index in [0.717, 1.165) is 11.3 Å². The van der Waals surface area contributed by atoms with Crippen LogP contribution in [0.25, 0.3) is 0 Å². The normalized spacial score (nSPS) is 11.1. The SMILES string of the molecule is Cc1ccc(OCCN(C)C(=O)Cn2cc(NC(=O)C(C)(C)C(=O)Cl)cn2)cc1. The second kappa shape index (κ2) is 9.56. The molecule has 0 aliphatic rings. The van der Waals surface area contributed by atoms with Crippen molar-refractivity contribution >= 4 is 34.3 Å².